The SMILES string of the molecule is O=C(c1cccc(CO)c1)N1C[C@@H](O)C[C@H]1c1cccc(F)c1. The Labute approximate surface area is 133 Å². The molecule has 0 radical (unpaired) electrons. The van der Waals surface area contributed by atoms with Crippen LogP contribution in [0.3, 0.4) is 0 Å². The number of carbonyl (C=O) groups is 1. The van der Waals surface area contributed by atoms with E-state index in [4.69, 9.17) is 0 Å². The van der Waals surface area contributed by atoms with Gasteiger partial charge in [-0.25, -0.2) is 4.39 Å². The van der Waals surface area contributed by atoms with E-state index in [1.807, 2.05) is 0 Å². The number of amides is 1. The van der Waals surface area contributed by atoms with E-state index in [2.05, 4.69) is 0 Å². The van der Waals surface area contributed by atoms with Crippen molar-refractivity contribution in [1.29, 1.82) is 0 Å². The minimum absolute atomic E-state index is 0.142. The summed E-state index contributed by atoms with van der Waals surface area (Å²) in [6, 6.07) is 12.5. The number of aliphatic hydroxyl groups excluding tert-OH is 2. The summed E-state index contributed by atoms with van der Waals surface area (Å²) in [7, 11) is 0. The van der Waals surface area contributed by atoms with Crippen LogP contribution in [0.1, 0.15) is 33.9 Å². The third-order valence-electron chi connectivity index (χ3n) is 4.13. The molecule has 1 aliphatic rings. The van der Waals surface area contributed by atoms with Gasteiger partial charge in [-0.15, -0.1) is 0 Å². The van der Waals surface area contributed by atoms with E-state index in [-0.39, 0.29) is 30.9 Å². The highest BCUT2D eigenvalue weighted by Gasteiger charge is 2.35. The summed E-state index contributed by atoms with van der Waals surface area (Å²) in [5.41, 5.74) is 1.78. The molecule has 0 aromatic heterocycles. The zero-order valence-electron chi connectivity index (χ0n) is 12.5. The van der Waals surface area contributed by atoms with Gasteiger partial charge < -0.3 is 15.1 Å². The van der Waals surface area contributed by atoms with E-state index < -0.39 is 6.10 Å². The molecule has 120 valence electrons. The Kier molecular flexibility index (Phi) is 4.41. The fourth-order valence-corrected chi connectivity index (χ4v) is 3.04. The minimum Gasteiger partial charge on any atom is -0.392 e. The number of hydrogen-bond donors (Lipinski definition) is 2. The van der Waals surface area contributed by atoms with Gasteiger partial charge in [0.1, 0.15) is 5.82 Å². The molecule has 4 nitrogen and oxygen atoms in total. The zero-order valence-corrected chi connectivity index (χ0v) is 12.5. The van der Waals surface area contributed by atoms with Gasteiger partial charge in [0, 0.05) is 12.1 Å². The van der Waals surface area contributed by atoms with Gasteiger partial charge in [0.25, 0.3) is 5.91 Å². The molecule has 0 aliphatic carbocycles. The number of halogens is 1. The molecule has 0 bridgehead atoms. The van der Waals surface area contributed by atoms with Crippen LogP contribution in [0.5, 0.6) is 0 Å². The van der Waals surface area contributed by atoms with E-state index in [0.29, 0.717) is 23.1 Å². The molecule has 0 unspecified atom stereocenters. The van der Waals surface area contributed by atoms with Crippen molar-refractivity contribution in [1.82, 2.24) is 4.90 Å². The van der Waals surface area contributed by atoms with Gasteiger partial charge in [-0.2, -0.15) is 0 Å². The third kappa shape index (κ3) is 3.25. The first-order valence-corrected chi connectivity index (χ1v) is 7.53. The first-order chi connectivity index (χ1) is 11.1. The summed E-state index contributed by atoms with van der Waals surface area (Å²) in [5, 5.41) is 19.2. The first-order valence-electron chi connectivity index (χ1n) is 7.53. The number of rotatable bonds is 3. The van der Waals surface area contributed by atoms with Gasteiger partial charge in [0.05, 0.1) is 18.8 Å². The molecular formula is C18H18FNO3. The van der Waals surface area contributed by atoms with E-state index >= 15 is 0 Å². The van der Waals surface area contributed by atoms with Gasteiger partial charge >= 0.3 is 0 Å². The Morgan fingerprint density at radius 2 is 2.00 bits per heavy atom. The molecule has 1 aliphatic heterocycles. The highest BCUT2D eigenvalue weighted by Crippen LogP contribution is 2.33. The molecule has 2 aromatic carbocycles. The molecular weight excluding hydrogens is 297 g/mol. The topological polar surface area (TPSA) is 60.8 Å². The smallest absolute Gasteiger partial charge is 0.254 e. The van der Waals surface area contributed by atoms with Crippen molar-refractivity contribution in [2.75, 3.05) is 6.54 Å². The first kappa shape index (κ1) is 15.6. The Morgan fingerprint density at radius 1 is 1.22 bits per heavy atom. The molecule has 1 fully saturated rings. The largest absolute Gasteiger partial charge is 0.392 e. The van der Waals surface area contributed by atoms with E-state index in [1.54, 1.807) is 41.3 Å². The average Bonchev–Trinajstić information content (AvgIpc) is 2.96. The van der Waals surface area contributed by atoms with Crippen LogP contribution < -0.4 is 0 Å². The normalized spacial score (nSPS) is 20.7. The Morgan fingerprint density at radius 3 is 2.74 bits per heavy atom. The number of benzene rings is 2. The fraction of sp³-hybridized carbons (Fsp3) is 0.278. The third-order valence-corrected chi connectivity index (χ3v) is 4.13. The van der Waals surface area contributed by atoms with Gasteiger partial charge in [-0.05, 0) is 41.8 Å². The Balaban J connectivity index is 1.91. The maximum Gasteiger partial charge on any atom is 0.254 e. The van der Waals surface area contributed by atoms with E-state index in [1.165, 1.54) is 12.1 Å². The standard InChI is InChI=1S/C18H18FNO3/c19-15-6-2-4-13(8-15)17-9-16(22)10-20(17)18(23)14-5-1-3-12(7-14)11-21/h1-8,16-17,21-22H,9-11H2/t16-,17-/m0/s1. The van der Waals surface area contributed by atoms with Crippen LogP contribution >= 0.6 is 0 Å². The lowest BCUT2D eigenvalue weighted by molar-refractivity contribution is 0.0715. The monoisotopic (exact) mass is 315 g/mol. The van der Waals surface area contributed by atoms with E-state index in [9.17, 15) is 19.4 Å². The van der Waals surface area contributed by atoms with Gasteiger partial charge in [-0.1, -0.05) is 24.3 Å². The number of carbonyl (C=O) groups excluding carboxylic acids is 1. The van der Waals surface area contributed by atoms with Crippen molar-refractivity contribution in [3.05, 3.63) is 71.0 Å². The molecule has 1 heterocycles. The van der Waals surface area contributed by atoms with E-state index in [0.717, 1.165) is 0 Å². The summed E-state index contributed by atoms with van der Waals surface area (Å²) >= 11 is 0. The lowest BCUT2D eigenvalue weighted by Gasteiger charge is -2.25. The maximum atomic E-state index is 13.5. The van der Waals surface area contributed by atoms with Gasteiger partial charge in [0.15, 0.2) is 0 Å². The number of nitrogens with zero attached hydrogens (tertiary/aromatic N) is 1. The molecule has 2 N–H and O–H groups in total. The molecule has 3 rings (SSSR count). The molecule has 2 atom stereocenters. The summed E-state index contributed by atoms with van der Waals surface area (Å²) in [5.74, 6) is -0.593. The molecule has 0 saturated carbocycles. The second-order valence-electron chi connectivity index (χ2n) is 5.78. The second-order valence-corrected chi connectivity index (χ2v) is 5.78. The molecule has 0 spiro atoms. The maximum absolute atomic E-state index is 13.5. The van der Waals surface area contributed by atoms with Crippen molar-refractivity contribution in [2.45, 2.75) is 25.2 Å². The summed E-state index contributed by atoms with van der Waals surface area (Å²) in [4.78, 5) is 14.3. The summed E-state index contributed by atoms with van der Waals surface area (Å²) < 4.78 is 13.5. The van der Waals surface area contributed by atoms with Crippen LogP contribution in [0.25, 0.3) is 0 Å². The van der Waals surface area contributed by atoms with Crippen LogP contribution in [-0.2, 0) is 6.61 Å². The molecule has 2 aromatic rings. The quantitative estimate of drug-likeness (QED) is 0.913. The Hall–Kier alpha value is -2.24. The summed E-state index contributed by atoms with van der Waals surface area (Å²) in [6.07, 6.45) is -0.247. The van der Waals surface area contributed by atoms with Crippen molar-refractivity contribution < 1.29 is 19.4 Å². The van der Waals surface area contributed by atoms with Crippen LogP contribution in [0, 0.1) is 5.82 Å². The highest BCUT2D eigenvalue weighted by molar-refractivity contribution is 5.95. The predicted octanol–water partition coefficient (Wildman–Crippen LogP) is 2.27. The van der Waals surface area contributed by atoms with Crippen molar-refractivity contribution in [2.24, 2.45) is 0 Å². The van der Waals surface area contributed by atoms with Crippen LogP contribution in [-0.4, -0.2) is 33.7 Å². The highest BCUT2D eigenvalue weighted by atomic mass is 19.1. The number of β-amino-alcohol motifs (C(OH)–C–C–N with tert-alkyl or cyclic N) is 1. The fourth-order valence-electron chi connectivity index (χ4n) is 3.04. The summed E-state index contributed by atoms with van der Waals surface area (Å²) in [6.45, 7) is 0.0699. The van der Waals surface area contributed by atoms with Crippen molar-refractivity contribution in [3.8, 4) is 0 Å². The number of aliphatic hydroxyl groups is 2. The number of likely N-dealkylation sites (tertiary alicyclic amines) is 1. The average molecular weight is 315 g/mol. The molecule has 1 saturated heterocycles. The lowest BCUT2D eigenvalue weighted by atomic mass is 10.0. The van der Waals surface area contributed by atoms with Gasteiger partial charge in [0.2, 0.25) is 0 Å². The van der Waals surface area contributed by atoms with Gasteiger partial charge in [-0.3, -0.25) is 4.79 Å². The second kappa shape index (κ2) is 6.48. The Bertz CT molecular complexity index is 719. The van der Waals surface area contributed by atoms with Crippen molar-refractivity contribution >= 4 is 5.91 Å². The predicted molar refractivity (Wildman–Crippen MR) is 83.2 cm³/mol. The van der Waals surface area contributed by atoms with Crippen LogP contribution in [0.15, 0.2) is 48.5 Å². The number of hydrogen-bond acceptors (Lipinski definition) is 3. The molecule has 23 heavy (non-hydrogen) atoms. The van der Waals surface area contributed by atoms with Crippen LogP contribution in [0.2, 0.25) is 0 Å². The molecule has 1 amide bonds. The van der Waals surface area contributed by atoms with Crippen molar-refractivity contribution in [3.63, 3.8) is 0 Å². The van der Waals surface area contributed by atoms with Crippen LogP contribution in [0.4, 0.5) is 4.39 Å². The minimum atomic E-state index is -0.631. The zero-order chi connectivity index (χ0) is 16.4. The lowest BCUT2D eigenvalue weighted by Crippen LogP contribution is -2.31. The molecule has 5 heteroatoms.